The van der Waals surface area contributed by atoms with Gasteiger partial charge in [-0.3, -0.25) is 4.79 Å². The number of ether oxygens (including phenoxy) is 1. The molecule has 1 aliphatic heterocycles. The van der Waals surface area contributed by atoms with Crippen LogP contribution in [0.4, 0.5) is 10.1 Å². The lowest BCUT2D eigenvalue weighted by Gasteiger charge is -2.26. The molecular weight excluding hydrogens is 211 g/mol. The highest BCUT2D eigenvalue weighted by atomic mass is 19.1. The van der Waals surface area contributed by atoms with Gasteiger partial charge in [-0.15, -0.1) is 0 Å². The van der Waals surface area contributed by atoms with E-state index in [9.17, 15) is 9.18 Å². The first-order chi connectivity index (χ1) is 7.64. The zero-order chi connectivity index (χ0) is 11.6. The number of nitrogens with one attached hydrogen (secondary N) is 1. The number of amides is 1. The summed E-state index contributed by atoms with van der Waals surface area (Å²) in [5, 5.41) is 2.85. The third-order valence-electron chi connectivity index (χ3n) is 2.74. The van der Waals surface area contributed by atoms with Crippen LogP contribution in [0.3, 0.4) is 0 Å². The van der Waals surface area contributed by atoms with Crippen LogP contribution in [0.1, 0.15) is 6.42 Å². The van der Waals surface area contributed by atoms with Crippen LogP contribution in [0.15, 0.2) is 24.3 Å². The van der Waals surface area contributed by atoms with Crippen molar-refractivity contribution in [1.29, 1.82) is 0 Å². The van der Waals surface area contributed by atoms with Crippen molar-refractivity contribution in [3.8, 4) is 0 Å². The smallest absolute Gasteiger partial charge is 0.245 e. The fraction of sp³-hybridized carbons (Fsp3) is 0.364. The molecule has 0 radical (unpaired) electrons. The topological polar surface area (TPSA) is 64.4 Å². The lowest BCUT2D eigenvalue weighted by Crippen LogP contribution is -2.51. The molecule has 3 N–H and O–H groups in total. The van der Waals surface area contributed by atoms with Gasteiger partial charge >= 0.3 is 0 Å². The summed E-state index contributed by atoms with van der Waals surface area (Å²) in [6.45, 7) is 0.626. The Balaban J connectivity index is 2.25. The second-order valence-electron chi connectivity index (χ2n) is 3.85. The lowest BCUT2D eigenvalue weighted by atomic mass is 9.97. The Morgan fingerprint density at radius 1 is 1.50 bits per heavy atom. The van der Waals surface area contributed by atoms with Gasteiger partial charge in [0.25, 0.3) is 0 Å². The summed E-state index contributed by atoms with van der Waals surface area (Å²) in [6, 6.07) is 6.17. The van der Waals surface area contributed by atoms with Gasteiger partial charge in [-0.05, 0) is 12.1 Å². The number of hydrogen-bond acceptors (Lipinski definition) is 3. The second-order valence-corrected chi connectivity index (χ2v) is 3.85. The Morgan fingerprint density at radius 3 is 2.81 bits per heavy atom. The number of nitrogens with two attached hydrogens (primary N) is 1. The Hall–Kier alpha value is -1.62. The van der Waals surface area contributed by atoms with Gasteiger partial charge in [-0.1, -0.05) is 12.1 Å². The van der Waals surface area contributed by atoms with Crippen LogP contribution in [0.2, 0.25) is 0 Å². The first-order valence-corrected chi connectivity index (χ1v) is 5.04. The molecule has 1 heterocycles. The van der Waals surface area contributed by atoms with Crippen LogP contribution >= 0.6 is 0 Å². The number of carbonyl (C=O) groups excluding carboxylic acids is 1. The molecule has 1 saturated heterocycles. The first-order valence-electron chi connectivity index (χ1n) is 5.04. The summed E-state index contributed by atoms with van der Waals surface area (Å²) in [5.41, 5.74) is 4.61. The van der Waals surface area contributed by atoms with Crippen LogP contribution in [-0.4, -0.2) is 24.7 Å². The first kappa shape index (κ1) is 10.9. The Bertz CT molecular complexity index is 403. The minimum absolute atomic E-state index is 0.177. The highest BCUT2D eigenvalue weighted by molar-refractivity contribution is 5.88. The molecule has 86 valence electrons. The normalized spacial score (nSPS) is 24.3. The minimum atomic E-state index is -0.984. The average Bonchev–Trinajstić information content (AvgIpc) is 2.71. The van der Waals surface area contributed by atoms with E-state index in [1.54, 1.807) is 18.2 Å². The summed E-state index contributed by atoms with van der Waals surface area (Å²) >= 11 is 0. The van der Waals surface area contributed by atoms with E-state index in [2.05, 4.69) is 5.32 Å². The van der Waals surface area contributed by atoms with Crippen LogP contribution < -0.4 is 11.1 Å². The zero-order valence-electron chi connectivity index (χ0n) is 8.70. The average molecular weight is 224 g/mol. The Kier molecular flexibility index (Phi) is 2.78. The highest BCUT2D eigenvalue weighted by Crippen LogP contribution is 2.25. The van der Waals surface area contributed by atoms with Gasteiger partial charge in [-0.25, -0.2) is 4.39 Å². The van der Waals surface area contributed by atoms with Gasteiger partial charge in [0.2, 0.25) is 5.91 Å². The number of primary amides is 1. The largest absolute Gasteiger partial charge is 0.378 e. The number of carbonyl (C=O) groups is 1. The van der Waals surface area contributed by atoms with Gasteiger partial charge in [0.05, 0.1) is 12.3 Å². The van der Waals surface area contributed by atoms with Gasteiger partial charge in [-0.2, -0.15) is 0 Å². The Morgan fingerprint density at radius 2 is 2.25 bits per heavy atom. The maximum absolute atomic E-state index is 13.4. The van der Waals surface area contributed by atoms with Crippen molar-refractivity contribution in [2.75, 3.05) is 18.5 Å². The molecule has 1 atom stereocenters. The van der Waals surface area contributed by atoms with Gasteiger partial charge in [0.15, 0.2) is 0 Å². The summed E-state index contributed by atoms with van der Waals surface area (Å²) in [4.78, 5) is 11.4. The molecule has 0 spiro atoms. The molecule has 2 rings (SSSR count). The number of halogens is 1. The second kappa shape index (κ2) is 4.09. The van der Waals surface area contributed by atoms with E-state index in [4.69, 9.17) is 10.5 Å². The predicted molar refractivity (Wildman–Crippen MR) is 57.4 cm³/mol. The SMILES string of the molecule is NC(=O)C1(Nc2ccccc2F)CCOC1. The molecule has 1 fully saturated rings. The number of rotatable bonds is 3. The molecule has 5 heteroatoms. The molecule has 16 heavy (non-hydrogen) atoms. The molecule has 1 amide bonds. The van der Waals surface area contributed by atoms with E-state index in [0.717, 1.165) is 0 Å². The quantitative estimate of drug-likeness (QED) is 0.801. The third kappa shape index (κ3) is 1.86. The zero-order valence-corrected chi connectivity index (χ0v) is 8.70. The van der Waals surface area contributed by atoms with Crippen LogP contribution in [0.5, 0.6) is 0 Å². The molecule has 0 aromatic heterocycles. The standard InChI is InChI=1S/C11H13FN2O2/c12-8-3-1-2-4-9(8)14-11(10(13)15)5-6-16-7-11/h1-4,14H,5-7H2,(H2,13,15). The van der Waals surface area contributed by atoms with Crippen molar-refractivity contribution in [3.63, 3.8) is 0 Å². The summed E-state index contributed by atoms with van der Waals surface area (Å²) in [7, 11) is 0. The van der Waals surface area contributed by atoms with E-state index >= 15 is 0 Å². The van der Waals surface area contributed by atoms with Crippen molar-refractivity contribution in [1.82, 2.24) is 0 Å². The van der Waals surface area contributed by atoms with Crippen molar-refractivity contribution in [2.24, 2.45) is 5.73 Å². The molecule has 4 nitrogen and oxygen atoms in total. The van der Waals surface area contributed by atoms with E-state index in [-0.39, 0.29) is 12.3 Å². The number of para-hydroxylation sites is 1. The number of hydrogen-bond donors (Lipinski definition) is 2. The molecule has 0 aliphatic carbocycles. The molecule has 1 aliphatic rings. The van der Waals surface area contributed by atoms with Gasteiger partial charge in [0.1, 0.15) is 11.4 Å². The predicted octanol–water partition coefficient (Wildman–Crippen LogP) is 0.882. The van der Waals surface area contributed by atoms with Gasteiger partial charge in [0, 0.05) is 13.0 Å². The maximum atomic E-state index is 13.4. The third-order valence-corrected chi connectivity index (χ3v) is 2.74. The lowest BCUT2D eigenvalue weighted by molar-refractivity contribution is -0.122. The molecular formula is C11H13FN2O2. The number of benzene rings is 1. The van der Waals surface area contributed by atoms with Crippen LogP contribution in [0, 0.1) is 5.82 Å². The van der Waals surface area contributed by atoms with Crippen molar-refractivity contribution < 1.29 is 13.9 Å². The molecule has 1 aromatic carbocycles. The summed E-state index contributed by atoms with van der Waals surface area (Å²) < 4.78 is 18.6. The fourth-order valence-corrected chi connectivity index (χ4v) is 1.74. The molecule has 1 unspecified atom stereocenters. The summed E-state index contributed by atoms with van der Waals surface area (Å²) in [6.07, 6.45) is 0.455. The van der Waals surface area contributed by atoms with Crippen LogP contribution in [0.25, 0.3) is 0 Å². The highest BCUT2D eigenvalue weighted by Gasteiger charge is 2.41. The van der Waals surface area contributed by atoms with E-state index < -0.39 is 17.3 Å². The Labute approximate surface area is 92.6 Å². The van der Waals surface area contributed by atoms with Crippen molar-refractivity contribution in [2.45, 2.75) is 12.0 Å². The number of anilines is 1. The maximum Gasteiger partial charge on any atom is 0.245 e. The van der Waals surface area contributed by atoms with Crippen molar-refractivity contribution >= 4 is 11.6 Å². The molecule has 0 saturated carbocycles. The molecule has 0 bridgehead atoms. The van der Waals surface area contributed by atoms with E-state index in [1.807, 2.05) is 0 Å². The summed E-state index contributed by atoms with van der Waals surface area (Å²) in [5.74, 6) is -0.928. The monoisotopic (exact) mass is 224 g/mol. The molecule has 1 aromatic rings. The van der Waals surface area contributed by atoms with E-state index in [0.29, 0.717) is 13.0 Å². The van der Waals surface area contributed by atoms with E-state index in [1.165, 1.54) is 6.07 Å². The fourth-order valence-electron chi connectivity index (χ4n) is 1.74. The van der Waals surface area contributed by atoms with Gasteiger partial charge < -0.3 is 15.8 Å². The van der Waals surface area contributed by atoms with Crippen molar-refractivity contribution in [3.05, 3.63) is 30.1 Å². The van der Waals surface area contributed by atoms with Crippen LogP contribution in [-0.2, 0) is 9.53 Å². The minimum Gasteiger partial charge on any atom is -0.378 e.